The molecule has 3 atom stereocenters. The highest BCUT2D eigenvalue weighted by Gasteiger charge is 2.42. The van der Waals surface area contributed by atoms with E-state index in [-0.39, 0.29) is 25.2 Å². The third kappa shape index (κ3) is 5.17. The molecular formula is C23H31F3N2O3. The van der Waals surface area contributed by atoms with Gasteiger partial charge in [-0.3, -0.25) is 4.79 Å². The van der Waals surface area contributed by atoms with Crippen LogP contribution in [0.4, 0.5) is 13.2 Å². The summed E-state index contributed by atoms with van der Waals surface area (Å²) in [6.45, 7) is 1.76. The summed E-state index contributed by atoms with van der Waals surface area (Å²) in [7, 11) is 0. The van der Waals surface area contributed by atoms with E-state index in [4.69, 9.17) is 9.47 Å². The number of alkyl halides is 3. The fourth-order valence-electron chi connectivity index (χ4n) is 5.13. The van der Waals surface area contributed by atoms with E-state index in [2.05, 4.69) is 11.4 Å². The molecule has 2 bridgehead atoms. The summed E-state index contributed by atoms with van der Waals surface area (Å²) in [5.74, 6) is 0.895. The van der Waals surface area contributed by atoms with E-state index in [1.54, 1.807) is 4.90 Å². The number of benzene rings is 1. The number of amides is 1. The average Bonchev–Trinajstić information content (AvgIpc) is 2.77. The molecule has 1 saturated carbocycles. The van der Waals surface area contributed by atoms with Crippen LogP contribution in [0.3, 0.4) is 0 Å². The lowest BCUT2D eigenvalue weighted by Crippen LogP contribution is -2.61. The molecule has 1 N–H and O–H groups in total. The Morgan fingerprint density at radius 3 is 2.61 bits per heavy atom. The van der Waals surface area contributed by atoms with E-state index in [1.165, 1.54) is 0 Å². The Kier molecular flexibility index (Phi) is 6.77. The summed E-state index contributed by atoms with van der Waals surface area (Å²) in [6, 6.07) is 5.30. The number of fused-ring (bicyclic) bond motifs is 5. The number of piperidine rings is 1. The molecule has 0 unspecified atom stereocenters. The van der Waals surface area contributed by atoms with Gasteiger partial charge in [0.15, 0.2) is 6.61 Å². The highest BCUT2D eigenvalue weighted by molar-refractivity contribution is 5.78. The summed E-state index contributed by atoms with van der Waals surface area (Å²) in [6.07, 6.45) is 0.709. The lowest BCUT2D eigenvalue weighted by Gasteiger charge is -2.43. The summed E-state index contributed by atoms with van der Waals surface area (Å²) < 4.78 is 51.7. The summed E-state index contributed by atoms with van der Waals surface area (Å²) in [5, 5.41) is 2.72. The topological polar surface area (TPSA) is 50.8 Å². The van der Waals surface area contributed by atoms with Crippen LogP contribution in [0.1, 0.15) is 56.9 Å². The van der Waals surface area contributed by atoms with Gasteiger partial charge in [-0.1, -0.05) is 18.2 Å². The zero-order chi connectivity index (χ0) is 22.0. The van der Waals surface area contributed by atoms with Gasteiger partial charge >= 0.3 is 6.18 Å². The Bertz CT molecular complexity index is 765. The van der Waals surface area contributed by atoms with Gasteiger partial charge in [0.2, 0.25) is 0 Å². The Labute approximate surface area is 181 Å². The van der Waals surface area contributed by atoms with E-state index in [0.717, 1.165) is 43.9 Å². The van der Waals surface area contributed by atoms with E-state index in [1.807, 2.05) is 18.2 Å². The van der Waals surface area contributed by atoms with Gasteiger partial charge < -0.3 is 19.7 Å². The van der Waals surface area contributed by atoms with Gasteiger partial charge in [0.05, 0.1) is 18.8 Å². The zero-order valence-corrected chi connectivity index (χ0v) is 17.9. The van der Waals surface area contributed by atoms with Crippen molar-refractivity contribution >= 4 is 5.91 Å². The summed E-state index contributed by atoms with van der Waals surface area (Å²) in [5.41, 5.74) is 1.13. The molecule has 1 aromatic carbocycles. The molecule has 2 fully saturated rings. The molecule has 0 aromatic heterocycles. The normalized spacial score (nSPS) is 30.8. The van der Waals surface area contributed by atoms with Crippen LogP contribution < -0.4 is 10.1 Å². The van der Waals surface area contributed by atoms with Crippen molar-refractivity contribution in [2.45, 2.75) is 81.8 Å². The minimum absolute atomic E-state index is 0.0738. The van der Waals surface area contributed by atoms with Crippen LogP contribution in [0, 0.1) is 0 Å². The number of carbonyl (C=O) groups excluding carboxylic acids is 1. The molecule has 0 spiro atoms. The number of hydrogen-bond acceptors (Lipinski definition) is 4. The number of rotatable bonds is 2. The first kappa shape index (κ1) is 22.4. The minimum atomic E-state index is -4.33. The molecule has 172 valence electrons. The molecule has 4 aliphatic rings. The lowest BCUT2D eigenvalue weighted by atomic mass is 9.82. The minimum Gasteiger partial charge on any atom is -0.483 e. The maximum absolute atomic E-state index is 13.2. The van der Waals surface area contributed by atoms with Crippen molar-refractivity contribution in [2.75, 3.05) is 19.8 Å². The van der Waals surface area contributed by atoms with Gasteiger partial charge in [0.1, 0.15) is 11.8 Å². The van der Waals surface area contributed by atoms with Crippen molar-refractivity contribution in [3.63, 3.8) is 0 Å². The number of ether oxygens (including phenoxy) is 2. The fourth-order valence-corrected chi connectivity index (χ4v) is 5.13. The van der Waals surface area contributed by atoms with E-state index in [9.17, 15) is 18.0 Å². The number of nitrogens with zero attached hydrogens (tertiary/aromatic N) is 1. The number of nitrogens with one attached hydrogen (secondary N) is 1. The molecule has 5 rings (SSSR count). The lowest BCUT2D eigenvalue weighted by molar-refractivity contribution is -0.158. The smallest absolute Gasteiger partial charge is 0.403 e. The van der Waals surface area contributed by atoms with Crippen LogP contribution in [0.25, 0.3) is 0 Å². The number of carbonyl (C=O) groups is 1. The number of para-hydroxylation sites is 1. The molecule has 8 heteroatoms. The largest absolute Gasteiger partial charge is 0.483 e. The first-order chi connectivity index (χ1) is 14.8. The van der Waals surface area contributed by atoms with Gasteiger partial charge in [-0.2, -0.15) is 13.2 Å². The summed E-state index contributed by atoms with van der Waals surface area (Å²) in [4.78, 5) is 14.7. The number of hydrogen-bond donors (Lipinski definition) is 1. The molecule has 5 nitrogen and oxygen atoms in total. The SMILES string of the molecule is C[C@@H](N[C@H]1CCCN2C(=O)COc3ccccc3C3CCC(CC3)OC[C@@H]12)C(F)(F)F. The van der Waals surface area contributed by atoms with E-state index in [0.29, 0.717) is 25.3 Å². The quantitative estimate of drug-likeness (QED) is 0.755. The standard InChI is InChI=1S/C23H31F3N2O3/c1-15(23(24,25)26)27-19-6-4-12-28-20(19)13-30-17-10-8-16(9-11-17)18-5-2-3-7-21(18)31-14-22(28)29/h2-3,5,7,15-17,19-20,27H,4,6,8-14H2,1H3/t15-,16?,17?,19+,20+/m1/s1. The van der Waals surface area contributed by atoms with Gasteiger partial charge in [-0.05, 0) is 63.0 Å². The predicted molar refractivity (Wildman–Crippen MR) is 110 cm³/mol. The third-order valence-electron chi connectivity index (χ3n) is 6.94. The van der Waals surface area contributed by atoms with Crippen LogP contribution in [0.15, 0.2) is 24.3 Å². The molecule has 31 heavy (non-hydrogen) atoms. The maximum atomic E-state index is 13.2. The van der Waals surface area contributed by atoms with Crippen LogP contribution in [0.5, 0.6) is 5.75 Å². The van der Waals surface area contributed by atoms with Crippen molar-refractivity contribution in [2.24, 2.45) is 0 Å². The molecule has 1 saturated heterocycles. The molecule has 1 amide bonds. The van der Waals surface area contributed by atoms with E-state index < -0.39 is 24.3 Å². The molecule has 3 aliphatic heterocycles. The Hall–Kier alpha value is -1.80. The van der Waals surface area contributed by atoms with Gasteiger partial charge in [0, 0.05) is 12.6 Å². The Morgan fingerprint density at radius 1 is 1.13 bits per heavy atom. The highest BCUT2D eigenvalue weighted by Crippen LogP contribution is 2.39. The molecule has 1 aliphatic carbocycles. The maximum Gasteiger partial charge on any atom is 0.403 e. The average molecular weight is 441 g/mol. The number of halogens is 3. The van der Waals surface area contributed by atoms with Crippen LogP contribution >= 0.6 is 0 Å². The van der Waals surface area contributed by atoms with Crippen LogP contribution in [-0.2, 0) is 9.53 Å². The van der Waals surface area contributed by atoms with Crippen molar-refractivity contribution < 1.29 is 27.4 Å². The monoisotopic (exact) mass is 440 g/mol. The van der Waals surface area contributed by atoms with Gasteiger partial charge in [0.25, 0.3) is 5.91 Å². The first-order valence-electron chi connectivity index (χ1n) is 11.3. The van der Waals surface area contributed by atoms with Crippen LogP contribution in [0.2, 0.25) is 0 Å². The predicted octanol–water partition coefficient (Wildman–Crippen LogP) is 4.02. The van der Waals surface area contributed by atoms with Crippen molar-refractivity contribution in [1.82, 2.24) is 10.2 Å². The zero-order valence-electron chi connectivity index (χ0n) is 17.9. The van der Waals surface area contributed by atoms with Gasteiger partial charge in [-0.15, -0.1) is 0 Å². The molecule has 3 heterocycles. The van der Waals surface area contributed by atoms with Gasteiger partial charge in [-0.25, -0.2) is 0 Å². The first-order valence-corrected chi connectivity index (χ1v) is 11.3. The second-order valence-electron chi connectivity index (χ2n) is 8.97. The summed E-state index contributed by atoms with van der Waals surface area (Å²) >= 11 is 0. The second-order valence-corrected chi connectivity index (χ2v) is 8.97. The Morgan fingerprint density at radius 2 is 1.87 bits per heavy atom. The van der Waals surface area contributed by atoms with Crippen molar-refractivity contribution in [3.8, 4) is 5.75 Å². The molecule has 1 aromatic rings. The van der Waals surface area contributed by atoms with E-state index >= 15 is 0 Å². The Balaban J connectivity index is 1.57. The highest BCUT2D eigenvalue weighted by atomic mass is 19.4. The molecular weight excluding hydrogens is 409 g/mol. The van der Waals surface area contributed by atoms with Crippen molar-refractivity contribution in [1.29, 1.82) is 0 Å². The van der Waals surface area contributed by atoms with Crippen molar-refractivity contribution in [3.05, 3.63) is 29.8 Å². The van der Waals surface area contributed by atoms with Crippen LogP contribution in [-0.4, -0.2) is 61.0 Å². The third-order valence-corrected chi connectivity index (χ3v) is 6.94. The fraction of sp³-hybridized carbons (Fsp3) is 0.696. The molecule has 0 radical (unpaired) electrons. The second kappa shape index (κ2) is 9.36.